The average Bonchev–Trinajstić information content (AvgIpc) is 3.30. The minimum atomic E-state index is -0.959. The monoisotopic (exact) mass is 420 g/mol. The van der Waals surface area contributed by atoms with Gasteiger partial charge in [0.25, 0.3) is 5.91 Å². The van der Waals surface area contributed by atoms with E-state index in [1.54, 1.807) is 24.3 Å². The number of imidazole rings is 1. The zero-order valence-electron chi connectivity index (χ0n) is 16.7. The first-order valence-electron chi connectivity index (χ1n) is 9.42. The van der Waals surface area contributed by atoms with Gasteiger partial charge in [0, 0.05) is 11.3 Å². The van der Waals surface area contributed by atoms with Crippen LogP contribution in [-0.4, -0.2) is 32.9 Å². The van der Waals surface area contributed by atoms with Crippen molar-refractivity contribution in [3.05, 3.63) is 65.5 Å². The van der Waals surface area contributed by atoms with E-state index in [0.717, 1.165) is 33.0 Å². The van der Waals surface area contributed by atoms with E-state index in [2.05, 4.69) is 20.3 Å². The molecule has 1 unspecified atom stereocenters. The molecule has 1 atom stereocenters. The molecule has 2 aromatic heterocycles. The zero-order valence-corrected chi connectivity index (χ0v) is 17.5. The van der Waals surface area contributed by atoms with Crippen LogP contribution in [0.15, 0.2) is 48.5 Å². The number of carbonyl (C=O) groups is 2. The first-order valence-corrected chi connectivity index (χ1v) is 10.2. The molecule has 0 saturated carbocycles. The molecule has 30 heavy (non-hydrogen) atoms. The molecule has 0 saturated heterocycles. The lowest BCUT2D eigenvalue weighted by Crippen LogP contribution is -2.29. The number of anilines is 1. The fourth-order valence-corrected chi connectivity index (χ4v) is 3.73. The number of ether oxygens (including phenoxy) is 1. The SMILES string of the molecule is Cc1nc(-c2ccc(C(=O)OC(C)C(=O)Nc3nc4ccccc4s3)cc2)[nH]c1C. The molecular weight excluding hydrogens is 400 g/mol. The minimum absolute atomic E-state index is 0.360. The van der Waals surface area contributed by atoms with E-state index in [9.17, 15) is 9.59 Å². The highest BCUT2D eigenvalue weighted by Crippen LogP contribution is 2.25. The van der Waals surface area contributed by atoms with Gasteiger partial charge in [-0.05, 0) is 45.0 Å². The highest BCUT2D eigenvalue weighted by atomic mass is 32.1. The molecule has 2 N–H and O–H groups in total. The standard InChI is InChI=1S/C22H20N4O3S/c1-12-13(2)24-19(23-12)15-8-10-16(11-9-15)21(28)29-14(3)20(27)26-22-25-17-6-4-5-7-18(17)30-22/h4-11,14H,1-3H3,(H,23,24)(H,25,26,27). The fraction of sp³-hybridized carbons (Fsp3) is 0.182. The third-order valence-corrected chi connectivity index (χ3v) is 5.65. The van der Waals surface area contributed by atoms with Gasteiger partial charge in [-0.3, -0.25) is 10.1 Å². The molecule has 2 heterocycles. The summed E-state index contributed by atoms with van der Waals surface area (Å²) in [4.78, 5) is 36.8. The molecule has 152 valence electrons. The Hall–Kier alpha value is -3.52. The van der Waals surface area contributed by atoms with Crippen LogP contribution in [0.5, 0.6) is 0 Å². The van der Waals surface area contributed by atoms with Gasteiger partial charge in [-0.15, -0.1) is 0 Å². The summed E-state index contributed by atoms with van der Waals surface area (Å²) in [6.07, 6.45) is -0.959. The van der Waals surface area contributed by atoms with Crippen molar-refractivity contribution in [1.82, 2.24) is 15.0 Å². The number of thiazole rings is 1. The summed E-state index contributed by atoms with van der Waals surface area (Å²) in [5, 5.41) is 3.17. The van der Waals surface area contributed by atoms with Gasteiger partial charge in [-0.1, -0.05) is 35.6 Å². The smallest absolute Gasteiger partial charge is 0.338 e. The second-order valence-electron chi connectivity index (χ2n) is 6.90. The van der Waals surface area contributed by atoms with Crippen LogP contribution in [-0.2, 0) is 9.53 Å². The topological polar surface area (TPSA) is 97.0 Å². The molecule has 0 radical (unpaired) electrons. The van der Waals surface area contributed by atoms with Crippen molar-refractivity contribution in [1.29, 1.82) is 0 Å². The van der Waals surface area contributed by atoms with Gasteiger partial charge in [0.05, 0.1) is 21.5 Å². The summed E-state index contributed by atoms with van der Waals surface area (Å²) >= 11 is 1.37. The zero-order chi connectivity index (χ0) is 21.3. The number of H-pyrrole nitrogens is 1. The summed E-state index contributed by atoms with van der Waals surface area (Å²) in [7, 11) is 0. The Kier molecular flexibility index (Phi) is 5.33. The van der Waals surface area contributed by atoms with Gasteiger partial charge in [0.15, 0.2) is 11.2 Å². The van der Waals surface area contributed by atoms with Crippen molar-refractivity contribution in [3.63, 3.8) is 0 Å². The summed E-state index contributed by atoms with van der Waals surface area (Å²) in [5.41, 5.74) is 3.97. The maximum atomic E-state index is 12.4. The van der Waals surface area contributed by atoms with Crippen LogP contribution in [0.3, 0.4) is 0 Å². The number of fused-ring (bicyclic) bond motifs is 1. The molecule has 2 aromatic carbocycles. The lowest BCUT2D eigenvalue weighted by Gasteiger charge is -2.12. The lowest BCUT2D eigenvalue weighted by atomic mass is 10.1. The minimum Gasteiger partial charge on any atom is -0.449 e. The number of benzene rings is 2. The van der Waals surface area contributed by atoms with Crippen LogP contribution in [0, 0.1) is 13.8 Å². The van der Waals surface area contributed by atoms with Crippen molar-refractivity contribution in [2.75, 3.05) is 5.32 Å². The van der Waals surface area contributed by atoms with Gasteiger partial charge in [-0.2, -0.15) is 0 Å². The molecule has 1 amide bonds. The van der Waals surface area contributed by atoms with Gasteiger partial charge in [0.1, 0.15) is 5.82 Å². The molecule has 4 rings (SSSR count). The van der Waals surface area contributed by atoms with Gasteiger partial charge in [-0.25, -0.2) is 14.8 Å². The molecule has 0 spiro atoms. The molecule has 0 fully saturated rings. The predicted molar refractivity (Wildman–Crippen MR) is 117 cm³/mol. The fourth-order valence-electron chi connectivity index (χ4n) is 2.86. The maximum absolute atomic E-state index is 12.4. The van der Waals surface area contributed by atoms with Crippen molar-refractivity contribution in [2.45, 2.75) is 26.9 Å². The van der Waals surface area contributed by atoms with Gasteiger partial charge >= 0.3 is 5.97 Å². The normalized spacial score (nSPS) is 12.0. The molecule has 0 aliphatic rings. The number of carbonyl (C=O) groups excluding carboxylic acids is 2. The van der Waals surface area contributed by atoms with Crippen molar-refractivity contribution in [3.8, 4) is 11.4 Å². The van der Waals surface area contributed by atoms with Crippen LogP contribution in [0.2, 0.25) is 0 Å². The lowest BCUT2D eigenvalue weighted by molar-refractivity contribution is -0.123. The number of rotatable bonds is 5. The van der Waals surface area contributed by atoms with E-state index in [4.69, 9.17) is 4.74 Å². The Bertz CT molecular complexity index is 1170. The summed E-state index contributed by atoms with van der Waals surface area (Å²) in [5.74, 6) is -0.255. The summed E-state index contributed by atoms with van der Waals surface area (Å²) in [6.45, 7) is 5.42. The van der Waals surface area contributed by atoms with E-state index in [0.29, 0.717) is 10.7 Å². The number of amides is 1. The van der Waals surface area contributed by atoms with Crippen LogP contribution in [0.4, 0.5) is 5.13 Å². The maximum Gasteiger partial charge on any atom is 0.338 e. The van der Waals surface area contributed by atoms with E-state index in [1.807, 2.05) is 38.1 Å². The molecule has 7 nitrogen and oxygen atoms in total. The number of aromatic amines is 1. The molecule has 4 aromatic rings. The molecule has 0 bridgehead atoms. The van der Waals surface area contributed by atoms with E-state index >= 15 is 0 Å². The second-order valence-corrected chi connectivity index (χ2v) is 7.93. The Morgan fingerprint density at radius 1 is 1.07 bits per heavy atom. The number of nitrogens with zero attached hydrogens (tertiary/aromatic N) is 2. The molecule has 0 aliphatic heterocycles. The Balaban J connectivity index is 1.39. The van der Waals surface area contributed by atoms with Gasteiger partial charge in [0.2, 0.25) is 0 Å². The highest BCUT2D eigenvalue weighted by Gasteiger charge is 2.20. The predicted octanol–water partition coefficient (Wildman–Crippen LogP) is 4.49. The highest BCUT2D eigenvalue weighted by molar-refractivity contribution is 7.22. The first kappa shape index (κ1) is 19.8. The second kappa shape index (κ2) is 8.08. The molecule has 0 aliphatic carbocycles. The first-order chi connectivity index (χ1) is 14.4. The third kappa shape index (κ3) is 4.08. The van der Waals surface area contributed by atoms with Crippen LogP contribution < -0.4 is 5.32 Å². The average molecular weight is 420 g/mol. The summed E-state index contributed by atoms with van der Waals surface area (Å²) < 4.78 is 6.29. The molecule has 8 heteroatoms. The van der Waals surface area contributed by atoms with Crippen LogP contribution >= 0.6 is 11.3 Å². The Morgan fingerprint density at radius 3 is 2.47 bits per heavy atom. The summed E-state index contributed by atoms with van der Waals surface area (Å²) in [6, 6.07) is 14.5. The third-order valence-electron chi connectivity index (χ3n) is 4.70. The molecular formula is C22H20N4O3S. The van der Waals surface area contributed by atoms with Crippen molar-refractivity contribution >= 4 is 38.6 Å². The van der Waals surface area contributed by atoms with Gasteiger partial charge < -0.3 is 9.72 Å². The number of aromatic nitrogens is 3. The van der Waals surface area contributed by atoms with Crippen molar-refractivity contribution < 1.29 is 14.3 Å². The van der Waals surface area contributed by atoms with E-state index in [1.165, 1.54) is 18.3 Å². The Labute approximate surface area is 177 Å². The number of aryl methyl sites for hydroxylation is 2. The largest absolute Gasteiger partial charge is 0.449 e. The van der Waals surface area contributed by atoms with E-state index < -0.39 is 18.0 Å². The Morgan fingerprint density at radius 2 is 1.80 bits per heavy atom. The van der Waals surface area contributed by atoms with Crippen LogP contribution in [0.25, 0.3) is 21.6 Å². The van der Waals surface area contributed by atoms with Crippen molar-refractivity contribution in [2.24, 2.45) is 0 Å². The quantitative estimate of drug-likeness (QED) is 0.464. The number of hydrogen-bond donors (Lipinski definition) is 2. The van der Waals surface area contributed by atoms with Crippen LogP contribution in [0.1, 0.15) is 28.7 Å². The number of nitrogens with one attached hydrogen (secondary N) is 2. The number of para-hydroxylation sites is 1. The van der Waals surface area contributed by atoms with E-state index in [-0.39, 0.29) is 0 Å². The number of hydrogen-bond acceptors (Lipinski definition) is 6. The number of esters is 1.